The second kappa shape index (κ2) is 6.54. The number of carbonyl (C=O) groups excluding carboxylic acids is 2. The van der Waals surface area contributed by atoms with Crippen molar-refractivity contribution in [3.63, 3.8) is 0 Å². The molecule has 2 rings (SSSR count). The van der Waals surface area contributed by atoms with Crippen LogP contribution in [0, 0.1) is 11.2 Å². The summed E-state index contributed by atoms with van der Waals surface area (Å²) in [4.78, 5) is 24.6. The fraction of sp³-hybridized carbons (Fsp3) is 0.467. The molecule has 1 saturated heterocycles. The average Bonchev–Trinajstić information content (AvgIpc) is 2.44. The van der Waals surface area contributed by atoms with Crippen LogP contribution in [0.4, 0.5) is 4.39 Å². The Morgan fingerprint density at radius 1 is 1.52 bits per heavy atom. The van der Waals surface area contributed by atoms with Crippen molar-refractivity contribution in [2.75, 3.05) is 19.8 Å². The predicted octanol–water partition coefficient (Wildman–Crippen LogP) is 2.56. The number of ketones is 1. The average molecular weight is 315 g/mol. The molecule has 1 aromatic carbocycles. The van der Waals surface area contributed by atoms with Crippen molar-refractivity contribution in [2.24, 2.45) is 5.41 Å². The second-order valence-corrected chi connectivity index (χ2v) is 5.35. The van der Waals surface area contributed by atoms with Crippen molar-refractivity contribution in [2.45, 2.75) is 19.8 Å². The fourth-order valence-corrected chi connectivity index (χ4v) is 2.62. The maximum atomic E-state index is 13.1. The minimum absolute atomic E-state index is 0.0433. The molecule has 0 aliphatic carbocycles. The molecule has 1 heterocycles. The van der Waals surface area contributed by atoms with Crippen LogP contribution < -0.4 is 0 Å². The largest absolute Gasteiger partial charge is 0.465 e. The van der Waals surface area contributed by atoms with Gasteiger partial charge >= 0.3 is 5.97 Å². The van der Waals surface area contributed by atoms with Crippen molar-refractivity contribution in [1.82, 2.24) is 0 Å². The summed E-state index contributed by atoms with van der Waals surface area (Å²) in [5.74, 6) is -1.32. The molecule has 0 saturated carbocycles. The highest BCUT2D eigenvalue weighted by Crippen LogP contribution is 2.33. The van der Waals surface area contributed by atoms with Gasteiger partial charge in [-0.05, 0) is 31.0 Å². The minimum Gasteiger partial charge on any atom is -0.465 e. The third-order valence-electron chi connectivity index (χ3n) is 3.53. The summed E-state index contributed by atoms with van der Waals surface area (Å²) in [6.45, 7) is 2.09. The van der Waals surface area contributed by atoms with Crippen molar-refractivity contribution in [3.05, 3.63) is 34.6 Å². The van der Waals surface area contributed by atoms with Crippen LogP contribution in [-0.4, -0.2) is 31.6 Å². The van der Waals surface area contributed by atoms with E-state index < -0.39 is 17.2 Å². The molecule has 21 heavy (non-hydrogen) atoms. The van der Waals surface area contributed by atoms with E-state index in [1.54, 1.807) is 6.92 Å². The second-order valence-electron chi connectivity index (χ2n) is 4.94. The number of rotatable bonds is 4. The smallest absolute Gasteiger partial charge is 0.322 e. The molecule has 0 bridgehead atoms. The van der Waals surface area contributed by atoms with Crippen LogP contribution in [0.25, 0.3) is 0 Å². The zero-order valence-electron chi connectivity index (χ0n) is 11.7. The van der Waals surface area contributed by atoms with Crippen LogP contribution in [0.2, 0.25) is 5.02 Å². The van der Waals surface area contributed by atoms with E-state index in [2.05, 4.69) is 0 Å². The van der Waals surface area contributed by atoms with Crippen LogP contribution in [0.3, 0.4) is 0 Å². The summed E-state index contributed by atoms with van der Waals surface area (Å²) in [5.41, 5.74) is -0.875. The molecule has 1 fully saturated rings. The Bertz CT molecular complexity index is 561. The molecular formula is C15H16ClFO4. The van der Waals surface area contributed by atoms with Crippen LogP contribution in [0.5, 0.6) is 0 Å². The maximum absolute atomic E-state index is 13.1. The molecule has 0 amide bonds. The van der Waals surface area contributed by atoms with Gasteiger partial charge in [0.2, 0.25) is 0 Å². The van der Waals surface area contributed by atoms with Gasteiger partial charge < -0.3 is 9.47 Å². The minimum atomic E-state index is -1.39. The highest BCUT2D eigenvalue weighted by molar-refractivity contribution is 6.31. The van der Waals surface area contributed by atoms with Gasteiger partial charge in [-0.3, -0.25) is 9.59 Å². The summed E-state index contributed by atoms with van der Waals surface area (Å²) >= 11 is 6.00. The van der Waals surface area contributed by atoms with E-state index in [0.29, 0.717) is 5.56 Å². The fourth-order valence-electron chi connectivity index (χ4n) is 2.38. The number of carbonyl (C=O) groups is 2. The van der Waals surface area contributed by atoms with Gasteiger partial charge in [-0.25, -0.2) is 4.39 Å². The normalized spacial score (nSPS) is 22.1. The van der Waals surface area contributed by atoms with Crippen molar-refractivity contribution < 1.29 is 23.5 Å². The van der Waals surface area contributed by atoms with Gasteiger partial charge in [-0.1, -0.05) is 17.7 Å². The van der Waals surface area contributed by atoms with Gasteiger partial charge in [0, 0.05) is 11.4 Å². The van der Waals surface area contributed by atoms with Gasteiger partial charge in [-0.2, -0.15) is 0 Å². The molecule has 1 atom stereocenters. The number of ether oxygens (including phenoxy) is 2. The van der Waals surface area contributed by atoms with E-state index in [-0.39, 0.29) is 43.5 Å². The van der Waals surface area contributed by atoms with Crippen LogP contribution >= 0.6 is 11.6 Å². The predicted molar refractivity (Wildman–Crippen MR) is 74.6 cm³/mol. The van der Waals surface area contributed by atoms with Crippen LogP contribution in [0.15, 0.2) is 18.2 Å². The molecule has 0 N–H and O–H groups in total. The van der Waals surface area contributed by atoms with Gasteiger partial charge in [0.25, 0.3) is 0 Å². The monoisotopic (exact) mass is 314 g/mol. The third kappa shape index (κ3) is 3.24. The standard InChI is InChI=1S/C15H16ClFO4/c1-2-21-14(19)15(9-20-6-5-13(15)18)8-10-3-4-11(17)7-12(10)16/h3-4,7H,2,5-6,8-9H2,1H3. The summed E-state index contributed by atoms with van der Waals surface area (Å²) in [5, 5.41) is 0.178. The molecule has 114 valence electrons. The number of halogens is 2. The first kappa shape index (κ1) is 15.9. The van der Waals surface area contributed by atoms with Crippen LogP contribution in [0.1, 0.15) is 18.9 Å². The molecule has 0 spiro atoms. The molecular weight excluding hydrogens is 299 g/mol. The zero-order valence-corrected chi connectivity index (χ0v) is 12.4. The van der Waals surface area contributed by atoms with Gasteiger partial charge in [0.1, 0.15) is 5.82 Å². The zero-order chi connectivity index (χ0) is 15.5. The number of hydrogen-bond acceptors (Lipinski definition) is 4. The lowest BCUT2D eigenvalue weighted by Gasteiger charge is -2.33. The first-order chi connectivity index (χ1) is 9.99. The quantitative estimate of drug-likeness (QED) is 0.633. The maximum Gasteiger partial charge on any atom is 0.322 e. The van der Waals surface area contributed by atoms with Gasteiger partial charge in [0.15, 0.2) is 11.2 Å². The first-order valence-electron chi connectivity index (χ1n) is 6.72. The summed E-state index contributed by atoms with van der Waals surface area (Å²) < 4.78 is 23.5. The molecule has 0 aromatic heterocycles. The Labute approximate surface area is 127 Å². The van der Waals surface area contributed by atoms with Gasteiger partial charge in [-0.15, -0.1) is 0 Å². The van der Waals surface area contributed by atoms with E-state index in [9.17, 15) is 14.0 Å². The molecule has 0 radical (unpaired) electrons. The molecule has 1 unspecified atom stereocenters. The first-order valence-corrected chi connectivity index (χ1v) is 7.09. The summed E-state index contributed by atoms with van der Waals surface area (Å²) in [7, 11) is 0. The SMILES string of the molecule is CCOC(=O)C1(Cc2ccc(F)cc2Cl)COCCC1=O. The summed E-state index contributed by atoms with van der Waals surface area (Å²) in [6.07, 6.45) is 0.196. The van der Waals surface area contributed by atoms with Gasteiger partial charge in [0.05, 0.1) is 19.8 Å². The Hall–Kier alpha value is -1.46. The van der Waals surface area contributed by atoms with E-state index in [0.717, 1.165) is 6.07 Å². The lowest BCUT2D eigenvalue weighted by molar-refractivity contribution is -0.169. The Kier molecular flexibility index (Phi) is 4.96. The Balaban J connectivity index is 2.35. The molecule has 1 aliphatic heterocycles. The molecule has 1 aromatic rings. The Morgan fingerprint density at radius 2 is 2.29 bits per heavy atom. The Morgan fingerprint density at radius 3 is 2.90 bits per heavy atom. The van der Waals surface area contributed by atoms with Crippen LogP contribution in [-0.2, 0) is 25.5 Å². The third-order valence-corrected chi connectivity index (χ3v) is 3.88. The highest BCUT2D eigenvalue weighted by atomic mass is 35.5. The molecule has 4 nitrogen and oxygen atoms in total. The lowest BCUT2D eigenvalue weighted by Crippen LogP contribution is -2.49. The number of benzene rings is 1. The summed E-state index contributed by atoms with van der Waals surface area (Å²) in [6, 6.07) is 3.87. The number of esters is 1. The number of Topliss-reactive ketones (excluding diaryl/α,β-unsaturated/α-hetero) is 1. The van der Waals surface area contributed by atoms with Crippen molar-refractivity contribution in [1.29, 1.82) is 0 Å². The van der Waals surface area contributed by atoms with E-state index in [1.807, 2.05) is 0 Å². The number of hydrogen-bond donors (Lipinski definition) is 0. The lowest BCUT2D eigenvalue weighted by atomic mass is 9.76. The topological polar surface area (TPSA) is 52.6 Å². The van der Waals surface area contributed by atoms with Crippen molar-refractivity contribution >= 4 is 23.4 Å². The van der Waals surface area contributed by atoms with E-state index in [1.165, 1.54) is 12.1 Å². The molecule has 6 heteroatoms. The van der Waals surface area contributed by atoms with Crippen molar-refractivity contribution in [3.8, 4) is 0 Å². The van der Waals surface area contributed by atoms with E-state index >= 15 is 0 Å². The molecule has 1 aliphatic rings. The van der Waals surface area contributed by atoms with E-state index in [4.69, 9.17) is 21.1 Å². The highest BCUT2D eigenvalue weighted by Gasteiger charge is 2.49.